The number of aryl methyl sites for hydroxylation is 1. The molecule has 7 heteroatoms. The van der Waals surface area contributed by atoms with Gasteiger partial charge in [-0.1, -0.05) is 35.9 Å². The molecule has 28 heavy (non-hydrogen) atoms. The average molecular weight is 395 g/mol. The minimum atomic E-state index is -0.374. The predicted octanol–water partition coefficient (Wildman–Crippen LogP) is 4.51. The van der Waals surface area contributed by atoms with Crippen LogP contribution in [0.2, 0.25) is 5.02 Å². The molecule has 0 unspecified atom stereocenters. The molecule has 0 aliphatic heterocycles. The molecule has 0 bridgehead atoms. The lowest BCUT2D eigenvalue weighted by Crippen LogP contribution is -2.16. The number of nitrogens with zero attached hydrogens (tertiary/aromatic N) is 2. The number of halogens is 1. The summed E-state index contributed by atoms with van der Waals surface area (Å²) in [5.74, 6) is 0.581. The van der Waals surface area contributed by atoms with E-state index in [1.165, 1.54) is 6.92 Å². The number of carbonyl (C=O) groups excluding carboxylic acids is 2. The lowest BCUT2D eigenvalue weighted by molar-refractivity contribution is 0.100. The number of carbonyl (C=O) groups is 2. The van der Waals surface area contributed by atoms with Gasteiger partial charge in [-0.3, -0.25) is 9.59 Å². The molecule has 142 valence electrons. The fraction of sp³-hybridized carbons (Fsp3) is 0.143. The highest BCUT2D eigenvalue weighted by atomic mass is 35.5. The Morgan fingerprint density at radius 1 is 1.04 bits per heavy atom. The summed E-state index contributed by atoms with van der Waals surface area (Å²) >= 11 is 5.89. The van der Waals surface area contributed by atoms with Crippen molar-refractivity contribution in [3.8, 4) is 0 Å². The topological polar surface area (TPSA) is 84.0 Å². The van der Waals surface area contributed by atoms with Crippen LogP contribution in [0.1, 0.15) is 39.2 Å². The number of nitrogens with one attached hydrogen (secondary N) is 2. The molecule has 1 aromatic heterocycles. The quantitative estimate of drug-likeness (QED) is 0.601. The summed E-state index contributed by atoms with van der Waals surface area (Å²) in [6.45, 7) is 3.74. The van der Waals surface area contributed by atoms with Gasteiger partial charge in [0.25, 0.3) is 5.91 Å². The first-order chi connectivity index (χ1) is 13.4. The number of Topliss-reactive ketones (excluding diaryl/α,β-unsaturated/α-hetero) is 1. The first-order valence-corrected chi connectivity index (χ1v) is 9.05. The standard InChI is InChI=1S/C21H19ClN4O2/c1-13(27)16-4-3-5-18(10-16)26-21(28)19-11-20(25-14(2)24-19)23-12-15-6-8-17(22)9-7-15/h3-11H,12H2,1-2H3,(H,26,28)(H,23,24,25). The second-order valence-corrected chi connectivity index (χ2v) is 6.69. The molecule has 0 aliphatic rings. The molecule has 0 fully saturated rings. The molecule has 3 rings (SSSR count). The van der Waals surface area contributed by atoms with Crippen LogP contribution in [0.3, 0.4) is 0 Å². The van der Waals surface area contributed by atoms with Gasteiger partial charge in [0.1, 0.15) is 17.3 Å². The van der Waals surface area contributed by atoms with Crippen molar-refractivity contribution in [1.82, 2.24) is 9.97 Å². The first-order valence-electron chi connectivity index (χ1n) is 8.67. The average Bonchev–Trinajstić information content (AvgIpc) is 2.67. The van der Waals surface area contributed by atoms with Crippen LogP contribution in [-0.4, -0.2) is 21.7 Å². The highest BCUT2D eigenvalue weighted by molar-refractivity contribution is 6.30. The van der Waals surface area contributed by atoms with Gasteiger partial charge in [-0.05, 0) is 43.7 Å². The lowest BCUT2D eigenvalue weighted by Gasteiger charge is -2.10. The second-order valence-electron chi connectivity index (χ2n) is 6.26. The molecule has 3 aromatic rings. The van der Waals surface area contributed by atoms with Crippen LogP contribution in [0.25, 0.3) is 0 Å². The molecule has 1 heterocycles. The fourth-order valence-electron chi connectivity index (χ4n) is 2.58. The van der Waals surface area contributed by atoms with Crippen molar-refractivity contribution in [1.29, 1.82) is 0 Å². The zero-order valence-electron chi connectivity index (χ0n) is 15.5. The highest BCUT2D eigenvalue weighted by Gasteiger charge is 2.12. The summed E-state index contributed by atoms with van der Waals surface area (Å²) in [4.78, 5) is 32.6. The molecule has 0 atom stereocenters. The minimum Gasteiger partial charge on any atom is -0.366 e. The summed E-state index contributed by atoms with van der Waals surface area (Å²) in [6, 6.07) is 15.8. The lowest BCUT2D eigenvalue weighted by atomic mass is 10.1. The van der Waals surface area contributed by atoms with Crippen molar-refractivity contribution in [2.24, 2.45) is 0 Å². The maximum atomic E-state index is 12.6. The number of amides is 1. The molecule has 0 spiro atoms. The van der Waals surface area contributed by atoms with E-state index in [0.29, 0.717) is 34.5 Å². The Bertz CT molecular complexity index is 1020. The van der Waals surface area contributed by atoms with Gasteiger partial charge < -0.3 is 10.6 Å². The summed E-state index contributed by atoms with van der Waals surface area (Å²) in [7, 11) is 0. The van der Waals surface area contributed by atoms with Gasteiger partial charge in [0.2, 0.25) is 0 Å². The molecule has 0 aliphatic carbocycles. The van der Waals surface area contributed by atoms with Crippen LogP contribution in [0.15, 0.2) is 54.6 Å². The Morgan fingerprint density at radius 2 is 1.79 bits per heavy atom. The van der Waals surface area contributed by atoms with Crippen LogP contribution in [-0.2, 0) is 6.54 Å². The van der Waals surface area contributed by atoms with Gasteiger partial charge in [0, 0.05) is 28.9 Å². The number of rotatable bonds is 6. The number of hydrogen-bond acceptors (Lipinski definition) is 5. The Hall–Kier alpha value is -3.25. The third kappa shape index (κ3) is 5.14. The van der Waals surface area contributed by atoms with Gasteiger partial charge in [0.15, 0.2) is 5.78 Å². The maximum Gasteiger partial charge on any atom is 0.274 e. The van der Waals surface area contributed by atoms with E-state index in [4.69, 9.17) is 11.6 Å². The molecular weight excluding hydrogens is 376 g/mol. The van der Waals surface area contributed by atoms with E-state index in [1.807, 2.05) is 24.3 Å². The molecule has 0 saturated carbocycles. The van der Waals surface area contributed by atoms with Crippen molar-refractivity contribution >= 4 is 34.8 Å². The summed E-state index contributed by atoms with van der Waals surface area (Å²) in [5.41, 5.74) is 2.33. The smallest absolute Gasteiger partial charge is 0.274 e. The molecule has 1 amide bonds. The fourth-order valence-corrected chi connectivity index (χ4v) is 2.71. The summed E-state index contributed by atoms with van der Waals surface area (Å²) in [5, 5.41) is 6.63. The number of aromatic nitrogens is 2. The highest BCUT2D eigenvalue weighted by Crippen LogP contribution is 2.15. The van der Waals surface area contributed by atoms with Crippen LogP contribution < -0.4 is 10.6 Å². The van der Waals surface area contributed by atoms with Crippen LogP contribution in [0, 0.1) is 6.92 Å². The Balaban J connectivity index is 1.73. The van der Waals surface area contributed by atoms with E-state index in [9.17, 15) is 9.59 Å². The third-order valence-corrected chi connectivity index (χ3v) is 4.24. The molecule has 0 radical (unpaired) electrons. The van der Waals surface area contributed by atoms with Crippen molar-refractivity contribution in [2.75, 3.05) is 10.6 Å². The normalized spacial score (nSPS) is 10.4. The Kier molecular flexibility index (Phi) is 6.01. The molecule has 2 aromatic carbocycles. The summed E-state index contributed by atoms with van der Waals surface area (Å²) < 4.78 is 0. The van der Waals surface area contributed by atoms with Crippen molar-refractivity contribution in [3.63, 3.8) is 0 Å². The van der Waals surface area contributed by atoms with Gasteiger partial charge >= 0.3 is 0 Å². The number of hydrogen-bond donors (Lipinski definition) is 2. The Morgan fingerprint density at radius 3 is 2.50 bits per heavy atom. The van der Waals surface area contributed by atoms with Gasteiger partial charge in [-0.2, -0.15) is 0 Å². The van der Waals surface area contributed by atoms with Crippen LogP contribution >= 0.6 is 11.6 Å². The van der Waals surface area contributed by atoms with E-state index in [1.54, 1.807) is 37.3 Å². The number of benzene rings is 2. The molecule has 0 saturated heterocycles. The molecule has 2 N–H and O–H groups in total. The zero-order chi connectivity index (χ0) is 20.1. The van der Waals surface area contributed by atoms with Crippen molar-refractivity contribution in [2.45, 2.75) is 20.4 Å². The zero-order valence-corrected chi connectivity index (χ0v) is 16.2. The van der Waals surface area contributed by atoms with E-state index in [-0.39, 0.29) is 17.4 Å². The third-order valence-electron chi connectivity index (χ3n) is 3.98. The predicted molar refractivity (Wildman–Crippen MR) is 110 cm³/mol. The molecule has 6 nitrogen and oxygen atoms in total. The summed E-state index contributed by atoms with van der Waals surface area (Å²) in [6.07, 6.45) is 0. The van der Waals surface area contributed by atoms with Gasteiger partial charge in [-0.15, -0.1) is 0 Å². The van der Waals surface area contributed by atoms with Gasteiger partial charge in [-0.25, -0.2) is 9.97 Å². The van der Waals surface area contributed by atoms with Crippen molar-refractivity contribution < 1.29 is 9.59 Å². The van der Waals surface area contributed by atoms with E-state index < -0.39 is 0 Å². The Labute approximate surface area is 168 Å². The minimum absolute atomic E-state index is 0.0670. The number of ketones is 1. The SMILES string of the molecule is CC(=O)c1cccc(NC(=O)c2cc(NCc3ccc(Cl)cc3)nc(C)n2)c1. The van der Waals surface area contributed by atoms with Crippen LogP contribution in [0.4, 0.5) is 11.5 Å². The number of anilines is 2. The monoisotopic (exact) mass is 394 g/mol. The van der Waals surface area contributed by atoms with Crippen molar-refractivity contribution in [3.05, 3.63) is 82.3 Å². The van der Waals surface area contributed by atoms with Crippen LogP contribution in [0.5, 0.6) is 0 Å². The first kappa shape index (κ1) is 19.5. The van der Waals surface area contributed by atoms with E-state index in [0.717, 1.165) is 5.56 Å². The van der Waals surface area contributed by atoms with Gasteiger partial charge in [0.05, 0.1) is 0 Å². The molecular formula is C21H19ClN4O2. The maximum absolute atomic E-state index is 12.6. The largest absolute Gasteiger partial charge is 0.366 e. The van der Waals surface area contributed by atoms with E-state index in [2.05, 4.69) is 20.6 Å². The second kappa shape index (κ2) is 8.63. The van der Waals surface area contributed by atoms with E-state index >= 15 is 0 Å².